The lowest BCUT2D eigenvalue weighted by Crippen LogP contribution is -2.13. The molecule has 4 rings (SSSR count). The predicted molar refractivity (Wildman–Crippen MR) is 110 cm³/mol. The largest absolute Gasteiger partial charge is 0.322 e. The molecule has 5 nitrogen and oxygen atoms in total. The van der Waals surface area contributed by atoms with Crippen molar-refractivity contribution >= 4 is 43.3 Å². The van der Waals surface area contributed by atoms with Gasteiger partial charge >= 0.3 is 0 Å². The molecule has 4 aromatic carbocycles. The summed E-state index contributed by atoms with van der Waals surface area (Å²) in [5.74, 6) is -0.285. The normalized spacial score (nSPS) is 11.6. The second-order valence-corrected chi connectivity index (χ2v) is 7.99. The smallest absolute Gasteiger partial charge is 0.294 e. The molecule has 0 aliphatic carbocycles. The summed E-state index contributed by atoms with van der Waals surface area (Å²) in [6, 6.07) is 21.7. The van der Waals surface area contributed by atoms with Gasteiger partial charge in [0.25, 0.3) is 16.0 Å². The number of rotatable bonds is 3. The third kappa shape index (κ3) is 3.24. The summed E-state index contributed by atoms with van der Waals surface area (Å²) in [4.78, 5) is 13.0. The number of amides is 1. The number of hydrogen-bond acceptors (Lipinski definition) is 3. The van der Waals surface area contributed by atoms with Gasteiger partial charge in [-0.2, -0.15) is 8.42 Å². The van der Waals surface area contributed by atoms with Crippen LogP contribution >= 0.6 is 0 Å². The van der Waals surface area contributed by atoms with E-state index in [2.05, 4.69) is 5.32 Å². The molecule has 0 aliphatic rings. The third-order valence-corrected chi connectivity index (χ3v) is 5.72. The molecule has 0 unspecified atom stereocenters. The molecular formula is C22H17NO4S. The number of carbonyl (C=O) groups excluding carboxylic acids is 1. The second-order valence-electron chi connectivity index (χ2n) is 6.60. The van der Waals surface area contributed by atoms with E-state index < -0.39 is 10.1 Å². The molecule has 28 heavy (non-hydrogen) atoms. The maximum atomic E-state index is 13.2. The van der Waals surface area contributed by atoms with Crippen LogP contribution in [-0.2, 0) is 10.1 Å². The van der Waals surface area contributed by atoms with Crippen molar-refractivity contribution in [3.8, 4) is 0 Å². The van der Waals surface area contributed by atoms with Crippen molar-refractivity contribution in [1.29, 1.82) is 0 Å². The number of fused-ring (bicyclic) bond motifs is 2. The monoisotopic (exact) mass is 391 g/mol. The van der Waals surface area contributed by atoms with Crippen molar-refractivity contribution in [3.63, 3.8) is 0 Å². The van der Waals surface area contributed by atoms with Crippen LogP contribution in [0.3, 0.4) is 0 Å². The first-order valence-electron chi connectivity index (χ1n) is 8.64. The van der Waals surface area contributed by atoms with Gasteiger partial charge in [-0.25, -0.2) is 0 Å². The first kappa shape index (κ1) is 18.2. The summed E-state index contributed by atoms with van der Waals surface area (Å²) in [6.45, 7) is 1.56. The fourth-order valence-corrected chi connectivity index (χ4v) is 4.17. The van der Waals surface area contributed by atoms with Crippen LogP contribution in [0.1, 0.15) is 15.9 Å². The Morgan fingerprint density at radius 2 is 1.43 bits per heavy atom. The van der Waals surface area contributed by atoms with Gasteiger partial charge in [-0.15, -0.1) is 0 Å². The van der Waals surface area contributed by atoms with Crippen molar-refractivity contribution in [2.45, 2.75) is 11.8 Å². The zero-order chi connectivity index (χ0) is 19.9. The Kier molecular flexibility index (Phi) is 4.37. The fourth-order valence-electron chi connectivity index (χ4n) is 3.47. The van der Waals surface area contributed by atoms with Crippen LogP contribution in [0.25, 0.3) is 21.5 Å². The van der Waals surface area contributed by atoms with E-state index >= 15 is 0 Å². The van der Waals surface area contributed by atoms with Crippen molar-refractivity contribution in [1.82, 2.24) is 0 Å². The minimum atomic E-state index is -4.30. The summed E-state index contributed by atoms with van der Waals surface area (Å²) in [5.41, 5.74) is 1.36. The maximum absolute atomic E-state index is 13.2. The molecule has 0 bridgehead atoms. The van der Waals surface area contributed by atoms with E-state index in [1.54, 1.807) is 6.92 Å². The Morgan fingerprint density at radius 3 is 1.96 bits per heavy atom. The van der Waals surface area contributed by atoms with Crippen molar-refractivity contribution in [2.24, 2.45) is 0 Å². The molecule has 0 fully saturated rings. The van der Waals surface area contributed by atoms with E-state index in [1.165, 1.54) is 18.2 Å². The highest BCUT2D eigenvalue weighted by Crippen LogP contribution is 2.29. The Hall–Kier alpha value is -3.22. The number of nitrogens with one attached hydrogen (secondary N) is 1. The van der Waals surface area contributed by atoms with E-state index in [0.717, 1.165) is 21.5 Å². The van der Waals surface area contributed by atoms with E-state index in [9.17, 15) is 17.8 Å². The highest BCUT2D eigenvalue weighted by molar-refractivity contribution is 7.85. The van der Waals surface area contributed by atoms with Gasteiger partial charge in [-0.1, -0.05) is 48.5 Å². The molecule has 4 aromatic rings. The summed E-state index contributed by atoms with van der Waals surface area (Å²) in [6.07, 6.45) is 0. The van der Waals surface area contributed by atoms with Crippen molar-refractivity contribution in [2.75, 3.05) is 5.32 Å². The molecular weight excluding hydrogens is 374 g/mol. The molecule has 0 saturated carbocycles. The van der Waals surface area contributed by atoms with Crippen molar-refractivity contribution in [3.05, 3.63) is 83.9 Å². The summed E-state index contributed by atoms with van der Waals surface area (Å²) in [7, 11) is -4.30. The van der Waals surface area contributed by atoms with Gasteiger partial charge in [0.05, 0.1) is 10.5 Å². The summed E-state index contributed by atoms with van der Waals surface area (Å²) in [5, 5.41) is 6.45. The number of hydrogen-bond donors (Lipinski definition) is 2. The highest BCUT2D eigenvalue weighted by Gasteiger charge is 2.17. The van der Waals surface area contributed by atoms with Crippen LogP contribution < -0.4 is 5.32 Å². The van der Waals surface area contributed by atoms with Crippen molar-refractivity contribution < 1.29 is 17.8 Å². The minimum absolute atomic E-state index is 0.180. The van der Waals surface area contributed by atoms with Gasteiger partial charge in [0.1, 0.15) is 0 Å². The van der Waals surface area contributed by atoms with Crippen LogP contribution in [0.5, 0.6) is 0 Å². The molecule has 1 amide bonds. The van der Waals surface area contributed by atoms with Crippen LogP contribution in [0.15, 0.2) is 77.7 Å². The van der Waals surface area contributed by atoms with Gasteiger partial charge in [-0.05, 0) is 58.3 Å². The predicted octanol–water partition coefficient (Wildman–Crippen LogP) is 4.80. The van der Waals surface area contributed by atoms with Gasteiger partial charge in [0.15, 0.2) is 0 Å². The Bertz CT molecular complexity index is 1290. The molecule has 140 valence electrons. The summed E-state index contributed by atoms with van der Waals surface area (Å²) < 4.78 is 32.0. The fraction of sp³-hybridized carbons (Fsp3) is 0.0455. The van der Waals surface area contributed by atoms with E-state index in [-0.39, 0.29) is 10.8 Å². The molecule has 0 heterocycles. The van der Waals surface area contributed by atoms with Crippen LogP contribution in [0.2, 0.25) is 0 Å². The molecule has 0 spiro atoms. The lowest BCUT2D eigenvalue weighted by atomic mass is 9.96. The lowest BCUT2D eigenvalue weighted by Gasteiger charge is -2.13. The first-order valence-corrected chi connectivity index (χ1v) is 10.1. The second kappa shape index (κ2) is 6.74. The standard InChI is InChI=1S/C22H17NO4S/c1-14-12-17(10-11-20(14)28(25,26)27)23-22(24)21-18-8-4-2-6-15(18)13-16-7-3-5-9-19(16)21/h2-13H,1H3,(H,23,24)(H,25,26,27). The minimum Gasteiger partial charge on any atom is -0.322 e. The van der Waals surface area contributed by atoms with Gasteiger partial charge in [-0.3, -0.25) is 9.35 Å². The number of anilines is 1. The Morgan fingerprint density at radius 1 is 0.857 bits per heavy atom. The lowest BCUT2D eigenvalue weighted by molar-refractivity contribution is 0.103. The maximum Gasteiger partial charge on any atom is 0.294 e. The highest BCUT2D eigenvalue weighted by atomic mass is 32.2. The van der Waals surface area contributed by atoms with Gasteiger partial charge in [0, 0.05) is 5.69 Å². The van der Waals surface area contributed by atoms with E-state index in [1.807, 2.05) is 54.6 Å². The Labute approximate surface area is 162 Å². The van der Waals surface area contributed by atoms with Gasteiger partial charge < -0.3 is 5.32 Å². The zero-order valence-electron chi connectivity index (χ0n) is 15.0. The van der Waals surface area contributed by atoms with Gasteiger partial charge in [0.2, 0.25) is 0 Å². The molecule has 6 heteroatoms. The van der Waals surface area contributed by atoms with E-state index in [0.29, 0.717) is 16.8 Å². The topological polar surface area (TPSA) is 83.5 Å². The number of benzene rings is 4. The average molecular weight is 391 g/mol. The first-order chi connectivity index (χ1) is 13.3. The Balaban J connectivity index is 1.82. The van der Waals surface area contributed by atoms with E-state index in [4.69, 9.17) is 0 Å². The average Bonchev–Trinajstić information content (AvgIpc) is 2.65. The third-order valence-electron chi connectivity index (χ3n) is 4.71. The quantitative estimate of drug-likeness (QED) is 0.388. The number of aryl methyl sites for hydroxylation is 1. The number of carbonyl (C=O) groups is 1. The molecule has 0 saturated heterocycles. The van der Waals surface area contributed by atoms with Crippen LogP contribution in [0.4, 0.5) is 5.69 Å². The molecule has 0 aromatic heterocycles. The SMILES string of the molecule is Cc1cc(NC(=O)c2c3ccccc3cc3ccccc23)ccc1S(=O)(=O)O. The van der Waals surface area contributed by atoms with Crippen LogP contribution in [0, 0.1) is 6.92 Å². The van der Waals surface area contributed by atoms with Crippen LogP contribution in [-0.4, -0.2) is 18.9 Å². The summed E-state index contributed by atoms with van der Waals surface area (Å²) >= 11 is 0. The molecule has 0 aliphatic heterocycles. The molecule has 2 N–H and O–H groups in total. The zero-order valence-corrected chi connectivity index (χ0v) is 15.8. The molecule has 0 radical (unpaired) electrons. The molecule has 0 atom stereocenters.